The minimum absolute atomic E-state index is 0.198. The lowest BCUT2D eigenvalue weighted by Gasteiger charge is -2.12. The second kappa shape index (κ2) is 3.70. The van der Waals surface area contributed by atoms with Crippen LogP contribution in [0, 0.1) is 20.8 Å². The van der Waals surface area contributed by atoms with Crippen molar-refractivity contribution in [1.82, 2.24) is 0 Å². The van der Waals surface area contributed by atoms with Crippen molar-refractivity contribution in [2.75, 3.05) is 0 Å². The Hall–Kier alpha value is -1.51. The van der Waals surface area contributed by atoms with Gasteiger partial charge >= 0.3 is 0 Å². The molecule has 76 valence electrons. The summed E-state index contributed by atoms with van der Waals surface area (Å²) in [5.74, 6) is 0.198. The molecule has 0 saturated carbocycles. The van der Waals surface area contributed by atoms with E-state index in [1.807, 2.05) is 26.8 Å². The van der Waals surface area contributed by atoms with Gasteiger partial charge in [-0.25, -0.2) is 0 Å². The predicted octanol–water partition coefficient (Wildman–Crippen LogP) is 2.52. The number of oxime groups is 1. The van der Waals surface area contributed by atoms with Crippen molar-refractivity contribution in [3.8, 4) is 5.75 Å². The molecule has 0 unspecified atom stereocenters. The number of nitrogens with zero attached hydrogens (tertiary/aromatic N) is 1. The molecule has 1 aromatic carbocycles. The van der Waals surface area contributed by atoms with Crippen LogP contribution in [-0.4, -0.2) is 16.0 Å². The number of phenolic OH excluding ortho intramolecular Hbond substituents is 1. The van der Waals surface area contributed by atoms with E-state index in [1.54, 1.807) is 6.92 Å². The van der Waals surface area contributed by atoms with Gasteiger partial charge in [-0.15, -0.1) is 0 Å². The first-order chi connectivity index (χ1) is 6.49. The molecule has 0 bridgehead atoms. The van der Waals surface area contributed by atoms with Crippen LogP contribution in [0.15, 0.2) is 11.2 Å². The van der Waals surface area contributed by atoms with Crippen LogP contribution in [0.1, 0.15) is 29.2 Å². The molecule has 0 fully saturated rings. The highest BCUT2D eigenvalue weighted by Gasteiger charge is 2.13. The average Bonchev–Trinajstić information content (AvgIpc) is 2.15. The third-order valence-electron chi connectivity index (χ3n) is 2.52. The summed E-state index contributed by atoms with van der Waals surface area (Å²) >= 11 is 0. The van der Waals surface area contributed by atoms with Crippen LogP contribution in [0.5, 0.6) is 5.75 Å². The molecule has 0 aliphatic carbocycles. The molecule has 3 heteroatoms. The normalized spacial score (nSPS) is 11.9. The van der Waals surface area contributed by atoms with Crippen molar-refractivity contribution in [1.29, 1.82) is 0 Å². The van der Waals surface area contributed by atoms with E-state index in [1.165, 1.54) is 0 Å². The largest absolute Gasteiger partial charge is 0.507 e. The maximum Gasteiger partial charge on any atom is 0.127 e. The molecule has 0 atom stereocenters. The van der Waals surface area contributed by atoms with Crippen molar-refractivity contribution >= 4 is 5.71 Å². The minimum Gasteiger partial charge on any atom is -0.507 e. The molecule has 1 aromatic rings. The molecule has 0 radical (unpaired) electrons. The highest BCUT2D eigenvalue weighted by molar-refractivity contribution is 6.02. The van der Waals surface area contributed by atoms with Crippen LogP contribution in [0.2, 0.25) is 0 Å². The zero-order valence-corrected chi connectivity index (χ0v) is 8.92. The molecule has 1 rings (SSSR count). The number of hydrogen-bond donors (Lipinski definition) is 2. The molecular weight excluding hydrogens is 178 g/mol. The Morgan fingerprint density at radius 2 is 1.79 bits per heavy atom. The van der Waals surface area contributed by atoms with Gasteiger partial charge in [0.05, 0.1) is 5.71 Å². The number of benzene rings is 1. The monoisotopic (exact) mass is 193 g/mol. The zero-order chi connectivity index (χ0) is 10.9. The van der Waals surface area contributed by atoms with Crippen LogP contribution >= 0.6 is 0 Å². The van der Waals surface area contributed by atoms with Crippen molar-refractivity contribution in [2.24, 2.45) is 5.16 Å². The molecule has 0 aliphatic heterocycles. The molecule has 0 amide bonds. The lowest BCUT2D eigenvalue weighted by molar-refractivity contribution is 0.318. The molecule has 14 heavy (non-hydrogen) atoms. The van der Waals surface area contributed by atoms with Gasteiger partial charge in [-0.05, 0) is 44.4 Å². The SMILES string of the molecule is C/C(=N\O)c1c(C)c(C)cc(C)c1O. The van der Waals surface area contributed by atoms with Gasteiger partial charge in [-0.2, -0.15) is 0 Å². The summed E-state index contributed by atoms with van der Waals surface area (Å²) in [7, 11) is 0. The lowest BCUT2D eigenvalue weighted by atomic mass is 9.96. The first-order valence-corrected chi connectivity index (χ1v) is 4.47. The van der Waals surface area contributed by atoms with Crippen LogP contribution in [0.4, 0.5) is 0 Å². The smallest absolute Gasteiger partial charge is 0.127 e. The second-order valence-corrected chi connectivity index (χ2v) is 3.54. The summed E-state index contributed by atoms with van der Waals surface area (Å²) in [6.07, 6.45) is 0. The van der Waals surface area contributed by atoms with Crippen LogP contribution < -0.4 is 0 Å². The number of phenols is 1. The van der Waals surface area contributed by atoms with Crippen molar-refractivity contribution < 1.29 is 10.3 Å². The van der Waals surface area contributed by atoms with Gasteiger partial charge in [0.2, 0.25) is 0 Å². The zero-order valence-electron chi connectivity index (χ0n) is 8.92. The summed E-state index contributed by atoms with van der Waals surface area (Å²) < 4.78 is 0. The van der Waals surface area contributed by atoms with E-state index in [0.717, 1.165) is 16.7 Å². The van der Waals surface area contributed by atoms with Crippen LogP contribution in [0.3, 0.4) is 0 Å². The fourth-order valence-electron chi connectivity index (χ4n) is 1.57. The Morgan fingerprint density at radius 3 is 2.29 bits per heavy atom. The quantitative estimate of drug-likeness (QED) is 0.409. The van der Waals surface area contributed by atoms with Crippen LogP contribution in [0.25, 0.3) is 0 Å². The first kappa shape index (κ1) is 10.6. The summed E-state index contributed by atoms with van der Waals surface area (Å²) in [6.45, 7) is 7.37. The van der Waals surface area contributed by atoms with Gasteiger partial charge in [0, 0.05) is 5.56 Å². The Bertz CT molecular complexity index is 369. The maximum absolute atomic E-state index is 9.81. The van der Waals surface area contributed by atoms with Crippen LogP contribution in [-0.2, 0) is 0 Å². The van der Waals surface area contributed by atoms with Crippen molar-refractivity contribution in [3.05, 3.63) is 28.3 Å². The summed E-state index contributed by atoms with van der Waals surface area (Å²) in [5, 5.41) is 21.6. The van der Waals surface area contributed by atoms with E-state index in [0.29, 0.717) is 11.3 Å². The van der Waals surface area contributed by atoms with Gasteiger partial charge in [-0.1, -0.05) is 11.2 Å². The Labute approximate surface area is 83.7 Å². The van der Waals surface area contributed by atoms with Crippen molar-refractivity contribution in [2.45, 2.75) is 27.7 Å². The summed E-state index contributed by atoms with van der Waals surface area (Å²) in [4.78, 5) is 0. The topological polar surface area (TPSA) is 52.8 Å². The van der Waals surface area contributed by atoms with Gasteiger partial charge in [0.15, 0.2) is 0 Å². The summed E-state index contributed by atoms with van der Waals surface area (Å²) in [5.41, 5.74) is 3.89. The fourth-order valence-corrected chi connectivity index (χ4v) is 1.57. The Kier molecular flexibility index (Phi) is 2.79. The second-order valence-electron chi connectivity index (χ2n) is 3.54. The molecule has 0 heterocycles. The maximum atomic E-state index is 9.81. The third-order valence-corrected chi connectivity index (χ3v) is 2.52. The number of rotatable bonds is 1. The molecule has 0 aliphatic rings. The standard InChI is InChI=1S/C11H15NO2/c1-6-5-7(2)11(13)10(8(6)3)9(4)12-14/h5,13-14H,1-4H3/b12-9+. The van der Waals surface area contributed by atoms with E-state index >= 15 is 0 Å². The lowest BCUT2D eigenvalue weighted by Crippen LogP contribution is -2.02. The number of aryl methyl sites for hydroxylation is 2. The van der Waals surface area contributed by atoms with Gasteiger partial charge < -0.3 is 10.3 Å². The molecule has 3 nitrogen and oxygen atoms in total. The molecule has 2 N–H and O–H groups in total. The van der Waals surface area contributed by atoms with E-state index < -0.39 is 0 Å². The Morgan fingerprint density at radius 1 is 1.21 bits per heavy atom. The molecule has 0 spiro atoms. The third kappa shape index (κ3) is 1.58. The van der Waals surface area contributed by atoms with Gasteiger partial charge in [-0.3, -0.25) is 0 Å². The number of aromatic hydroxyl groups is 1. The first-order valence-electron chi connectivity index (χ1n) is 4.47. The highest BCUT2D eigenvalue weighted by atomic mass is 16.4. The van der Waals surface area contributed by atoms with E-state index in [-0.39, 0.29) is 5.75 Å². The molecule has 0 aromatic heterocycles. The van der Waals surface area contributed by atoms with Gasteiger partial charge in [0.25, 0.3) is 0 Å². The molecule has 0 saturated heterocycles. The fraction of sp³-hybridized carbons (Fsp3) is 0.364. The van der Waals surface area contributed by atoms with E-state index in [9.17, 15) is 5.11 Å². The van der Waals surface area contributed by atoms with Crippen molar-refractivity contribution in [3.63, 3.8) is 0 Å². The average molecular weight is 193 g/mol. The Balaban J connectivity index is 3.55. The van der Waals surface area contributed by atoms with E-state index in [4.69, 9.17) is 5.21 Å². The van der Waals surface area contributed by atoms with E-state index in [2.05, 4.69) is 5.16 Å². The predicted molar refractivity (Wildman–Crippen MR) is 56.3 cm³/mol. The highest BCUT2D eigenvalue weighted by Crippen LogP contribution is 2.28. The number of hydrogen-bond acceptors (Lipinski definition) is 3. The summed E-state index contributed by atoms with van der Waals surface area (Å²) in [6, 6.07) is 1.92. The minimum atomic E-state index is 0.198. The molecular formula is C11H15NO2. The van der Waals surface area contributed by atoms with Gasteiger partial charge in [0.1, 0.15) is 5.75 Å².